The standard InChI is InChI=1S/C13H19FO2/c1-11(15)6-4-5-9-16-10-12-7-2-3-8-13(12)14/h2-3,7-8,11,15H,4-6,9-10H2,1H3. The molecule has 1 rings (SSSR count). The SMILES string of the molecule is CC(O)CCCCOCc1ccccc1F. The van der Waals surface area contributed by atoms with E-state index in [4.69, 9.17) is 9.84 Å². The summed E-state index contributed by atoms with van der Waals surface area (Å²) >= 11 is 0. The Labute approximate surface area is 96.1 Å². The molecule has 1 aromatic carbocycles. The topological polar surface area (TPSA) is 29.5 Å². The molecule has 0 saturated heterocycles. The minimum Gasteiger partial charge on any atom is -0.393 e. The van der Waals surface area contributed by atoms with Gasteiger partial charge < -0.3 is 9.84 Å². The predicted octanol–water partition coefficient (Wildman–Crippen LogP) is 2.89. The molecule has 0 aromatic heterocycles. The van der Waals surface area contributed by atoms with Crippen molar-refractivity contribution in [1.82, 2.24) is 0 Å². The second kappa shape index (κ2) is 7.36. The molecule has 0 aliphatic carbocycles. The van der Waals surface area contributed by atoms with Gasteiger partial charge in [-0.05, 0) is 32.3 Å². The first-order valence-corrected chi connectivity index (χ1v) is 5.69. The van der Waals surface area contributed by atoms with E-state index in [0.29, 0.717) is 18.8 Å². The molecule has 0 saturated carbocycles. The number of hydrogen-bond donors (Lipinski definition) is 1. The van der Waals surface area contributed by atoms with Gasteiger partial charge in [0.2, 0.25) is 0 Å². The largest absolute Gasteiger partial charge is 0.393 e. The van der Waals surface area contributed by atoms with Gasteiger partial charge in [-0.25, -0.2) is 4.39 Å². The number of rotatable bonds is 7. The number of halogens is 1. The van der Waals surface area contributed by atoms with Crippen LogP contribution in [-0.2, 0) is 11.3 Å². The van der Waals surface area contributed by atoms with Crippen molar-refractivity contribution in [2.45, 2.75) is 38.9 Å². The summed E-state index contributed by atoms with van der Waals surface area (Å²) in [4.78, 5) is 0. The number of benzene rings is 1. The number of unbranched alkanes of at least 4 members (excludes halogenated alkanes) is 1. The van der Waals surface area contributed by atoms with Crippen LogP contribution in [0.1, 0.15) is 31.7 Å². The first-order valence-electron chi connectivity index (χ1n) is 5.69. The van der Waals surface area contributed by atoms with Gasteiger partial charge >= 0.3 is 0 Å². The minimum atomic E-state index is -0.244. The van der Waals surface area contributed by atoms with Gasteiger partial charge in [-0.1, -0.05) is 18.2 Å². The molecule has 0 amide bonds. The third kappa shape index (κ3) is 5.24. The molecule has 0 radical (unpaired) electrons. The van der Waals surface area contributed by atoms with Crippen LogP contribution in [0.3, 0.4) is 0 Å². The van der Waals surface area contributed by atoms with Gasteiger partial charge in [0.25, 0.3) is 0 Å². The Kier molecular flexibility index (Phi) is 6.04. The quantitative estimate of drug-likeness (QED) is 0.724. The summed E-state index contributed by atoms with van der Waals surface area (Å²) in [5.41, 5.74) is 0.595. The lowest BCUT2D eigenvalue weighted by Gasteiger charge is -2.06. The van der Waals surface area contributed by atoms with E-state index in [9.17, 15) is 4.39 Å². The third-order valence-electron chi connectivity index (χ3n) is 2.38. The summed E-state index contributed by atoms with van der Waals surface area (Å²) in [6.45, 7) is 2.71. The number of aliphatic hydroxyl groups is 1. The van der Waals surface area contributed by atoms with E-state index in [1.54, 1.807) is 25.1 Å². The Morgan fingerprint density at radius 2 is 2.06 bits per heavy atom. The highest BCUT2D eigenvalue weighted by molar-refractivity contribution is 5.16. The monoisotopic (exact) mass is 226 g/mol. The van der Waals surface area contributed by atoms with Crippen LogP contribution in [0.2, 0.25) is 0 Å². The molecule has 0 heterocycles. The number of ether oxygens (including phenoxy) is 1. The predicted molar refractivity (Wildman–Crippen MR) is 61.6 cm³/mol. The van der Waals surface area contributed by atoms with E-state index in [1.165, 1.54) is 6.07 Å². The second-order valence-electron chi connectivity index (χ2n) is 3.99. The Morgan fingerprint density at radius 3 is 2.75 bits per heavy atom. The zero-order chi connectivity index (χ0) is 11.8. The van der Waals surface area contributed by atoms with Crippen LogP contribution in [0, 0.1) is 5.82 Å². The molecule has 0 aliphatic heterocycles. The first-order chi connectivity index (χ1) is 7.70. The van der Waals surface area contributed by atoms with Gasteiger partial charge in [0.15, 0.2) is 0 Å². The number of aliphatic hydroxyl groups excluding tert-OH is 1. The highest BCUT2D eigenvalue weighted by Crippen LogP contribution is 2.08. The van der Waals surface area contributed by atoms with Crippen LogP contribution in [0.15, 0.2) is 24.3 Å². The van der Waals surface area contributed by atoms with E-state index in [-0.39, 0.29) is 11.9 Å². The van der Waals surface area contributed by atoms with Crippen LogP contribution in [0.25, 0.3) is 0 Å². The van der Waals surface area contributed by atoms with Gasteiger partial charge in [0, 0.05) is 12.2 Å². The third-order valence-corrected chi connectivity index (χ3v) is 2.38. The molecule has 3 heteroatoms. The molecular weight excluding hydrogens is 207 g/mol. The fraction of sp³-hybridized carbons (Fsp3) is 0.538. The van der Waals surface area contributed by atoms with Gasteiger partial charge in [0.1, 0.15) is 5.82 Å². The minimum absolute atomic E-state index is 0.216. The van der Waals surface area contributed by atoms with Gasteiger partial charge in [0.05, 0.1) is 12.7 Å². The normalized spacial score (nSPS) is 12.7. The average molecular weight is 226 g/mol. The summed E-state index contributed by atoms with van der Waals surface area (Å²) in [5.74, 6) is -0.216. The molecule has 1 unspecified atom stereocenters. The Morgan fingerprint density at radius 1 is 1.31 bits per heavy atom. The number of hydrogen-bond acceptors (Lipinski definition) is 2. The van der Waals surface area contributed by atoms with Crippen molar-refractivity contribution >= 4 is 0 Å². The molecule has 16 heavy (non-hydrogen) atoms. The van der Waals surface area contributed by atoms with Gasteiger partial charge in [-0.3, -0.25) is 0 Å². The van der Waals surface area contributed by atoms with Crippen molar-refractivity contribution < 1.29 is 14.2 Å². The van der Waals surface area contributed by atoms with Crippen molar-refractivity contribution in [3.05, 3.63) is 35.6 Å². The molecule has 2 nitrogen and oxygen atoms in total. The lowest BCUT2D eigenvalue weighted by Crippen LogP contribution is -2.01. The maximum atomic E-state index is 13.2. The van der Waals surface area contributed by atoms with Crippen LogP contribution < -0.4 is 0 Å². The Bertz CT molecular complexity index is 300. The molecule has 90 valence electrons. The molecule has 1 aromatic rings. The van der Waals surface area contributed by atoms with Crippen molar-refractivity contribution in [3.8, 4) is 0 Å². The van der Waals surface area contributed by atoms with E-state index >= 15 is 0 Å². The summed E-state index contributed by atoms with van der Waals surface area (Å²) in [5, 5.41) is 9.03. The maximum Gasteiger partial charge on any atom is 0.128 e. The molecule has 1 atom stereocenters. The lowest BCUT2D eigenvalue weighted by molar-refractivity contribution is 0.109. The summed E-state index contributed by atoms with van der Waals surface area (Å²) in [7, 11) is 0. The highest BCUT2D eigenvalue weighted by atomic mass is 19.1. The van der Waals surface area contributed by atoms with E-state index in [2.05, 4.69) is 0 Å². The van der Waals surface area contributed by atoms with Crippen LogP contribution in [-0.4, -0.2) is 17.8 Å². The molecule has 0 fully saturated rings. The zero-order valence-corrected chi connectivity index (χ0v) is 9.66. The Hall–Kier alpha value is -0.930. The maximum absolute atomic E-state index is 13.2. The smallest absolute Gasteiger partial charge is 0.128 e. The Balaban J connectivity index is 2.10. The highest BCUT2D eigenvalue weighted by Gasteiger charge is 2.00. The van der Waals surface area contributed by atoms with Crippen molar-refractivity contribution in [2.75, 3.05) is 6.61 Å². The lowest BCUT2D eigenvalue weighted by atomic mass is 10.2. The van der Waals surface area contributed by atoms with E-state index in [1.807, 2.05) is 0 Å². The molecule has 0 aliphatic rings. The van der Waals surface area contributed by atoms with E-state index in [0.717, 1.165) is 19.3 Å². The zero-order valence-electron chi connectivity index (χ0n) is 9.66. The first kappa shape index (κ1) is 13.1. The van der Waals surface area contributed by atoms with Gasteiger partial charge in [-0.2, -0.15) is 0 Å². The van der Waals surface area contributed by atoms with Gasteiger partial charge in [-0.15, -0.1) is 0 Å². The van der Waals surface area contributed by atoms with Crippen LogP contribution in [0.5, 0.6) is 0 Å². The average Bonchev–Trinajstić information content (AvgIpc) is 2.25. The van der Waals surface area contributed by atoms with E-state index < -0.39 is 0 Å². The second-order valence-corrected chi connectivity index (χ2v) is 3.99. The van der Waals surface area contributed by atoms with Crippen molar-refractivity contribution in [1.29, 1.82) is 0 Å². The molecular formula is C13H19FO2. The van der Waals surface area contributed by atoms with Crippen molar-refractivity contribution in [3.63, 3.8) is 0 Å². The fourth-order valence-electron chi connectivity index (χ4n) is 1.44. The molecule has 1 N–H and O–H groups in total. The van der Waals surface area contributed by atoms with Crippen LogP contribution >= 0.6 is 0 Å². The molecule has 0 bridgehead atoms. The fourth-order valence-corrected chi connectivity index (χ4v) is 1.44. The van der Waals surface area contributed by atoms with Crippen molar-refractivity contribution in [2.24, 2.45) is 0 Å². The summed E-state index contributed by atoms with van der Waals surface area (Å²) in [6.07, 6.45) is 2.39. The molecule has 0 spiro atoms. The van der Waals surface area contributed by atoms with Crippen LogP contribution in [0.4, 0.5) is 4.39 Å². The summed E-state index contributed by atoms with van der Waals surface area (Å²) < 4.78 is 18.5. The summed E-state index contributed by atoms with van der Waals surface area (Å²) in [6, 6.07) is 6.63.